The molecule has 1 aromatic rings. The van der Waals surface area contributed by atoms with Gasteiger partial charge in [0.1, 0.15) is 0 Å². The largest absolute Gasteiger partial charge is 0.310 e. The molecule has 1 aromatic carbocycles. The van der Waals surface area contributed by atoms with Gasteiger partial charge < -0.3 is 5.32 Å². The van der Waals surface area contributed by atoms with Gasteiger partial charge in [0.2, 0.25) is 0 Å². The molecule has 0 amide bonds. The number of hydrogen-bond donors (Lipinski definition) is 1. The molecular formula is C14H17F2N. The van der Waals surface area contributed by atoms with Crippen molar-refractivity contribution in [2.24, 2.45) is 11.8 Å². The Kier molecular flexibility index (Phi) is 2.87. The summed E-state index contributed by atoms with van der Waals surface area (Å²) in [7, 11) is 0. The Labute approximate surface area is 100 Å². The molecule has 2 aliphatic carbocycles. The van der Waals surface area contributed by atoms with Crippen molar-refractivity contribution in [2.45, 2.75) is 38.3 Å². The molecular weight excluding hydrogens is 220 g/mol. The molecule has 17 heavy (non-hydrogen) atoms. The van der Waals surface area contributed by atoms with Crippen LogP contribution in [0.15, 0.2) is 18.2 Å². The maximum Gasteiger partial charge on any atom is 0.159 e. The molecule has 0 spiro atoms. The van der Waals surface area contributed by atoms with Crippen LogP contribution in [0, 0.1) is 23.5 Å². The van der Waals surface area contributed by atoms with E-state index in [0.717, 1.165) is 17.4 Å². The molecule has 3 atom stereocenters. The van der Waals surface area contributed by atoms with Gasteiger partial charge in [0, 0.05) is 12.6 Å². The van der Waals surface area contributed by atoms with Crippen molar-refractivity contribution in [3.8, 4) is 0 Å². The van der Waals surface area contributed by atoms with E-state index in [1.807, 2.05) is 0 Å². The lowest BCUT2D eigenvalue weighted by molar-refractivity contribution is 0.352. The Hall–Kier alpha value is -0.960. The first-order valence-corrected chi connectivity index (χ1v) is 6.41. The Morgan fingerprint density at radius 2 is 2.06 bits per heavy atom. The van der Waals surface area contributed by atoms with Gasteiger partial charge in [-0.25, -0.2) is 8.78 Å². The van der Waals surface area contributed by atoms with Gasteiger partial charge >= 0.3 is 0 Å². The summed E-state index contributed by atoms with van der Waals surface area (Å²) in [5.74, 6) is 0.256. The van der Waals surface area contributed by atoms with E-state index in [1.54, 1.807) is 6.07 Å². The minimum absolute atomic E-state index is 0.585. The van der Waals surface area contributed by atoms with Crippen molar-refractivity contribution in [1.29, 1.82) is 0 Å². The maximum absolute atomic E-state index is 13.0. The van der Waals surface area contributed by atoms with Gasteiger partial charge in [0.05, 0.1) is 0 Å². The molecule has 3 unspecified atom stereocenters. The lowest BCUT2D eigenvalue weighted by Crippen LogP contribution is -2.33. The SMILES string of the molecule is Fc1ccc(CNC2CCCC3CC32)cc1F. The predicted molar refractivity (Wildman–Crippen MR) is 62.4 cm³/mol. The predicted octanol–water partition coefficient (Wildman–Crippen LogP) is 3.24. The van der Waals surface area contributed by atoms with Crippen LogP contribution in [-0.2, 0) is 6.54 Å². The van der Waals surface area contributed by atoms with Crippen LogP contribution in [0.25, 0.3) is 0 Å². The Balaban J connectivity index is 1.58. The molecule has 0 aliphatic heterocycles. The summed E-state index contributed by atoms with van der Waals surface area (Å²) in [6.45, 7) is 0.644. The van der Waals surface area contributed by atoms with Crippen molar-refractivity contribution < 1.29 is 8.78 Å². The fourth-order valence-corrected chi connectivity index (χ4v) is 3.06. The van der Waals surface area contributed by atoms with E-state index in [0.29, 0.717) is 12.6 Å². The fraction of sp³-hybridized carbons (Fsp3) is 0.571. The monoisotopic (exact) mass is 237 g/mol. The third-order valence-corrected chi connectivity index (χ3v) is 4.14. The van der Waals surface area contributed by atoms with Crippen molar-refractivity contribution in [3.05, 3.63) is 35.4 Å². The zero-order valence-corrected chi connectivity index (χ0v) is 9.76. The molecule has 1 nitrogen and oxygen atoms in total. The van der Waals surface area contributed by atoms with Crippen LogP contribution in [0.2, 0.25) is 0 Å². The van der Waals surface area contributed by atoms with E-state index in [1.165, 1.54) is 37.8 Å². The number of hydrogen-bond acceptors (Lipinski definition) is 1. The second-order valence-electron chi connectivity index (χ2n) is 5.33. The van der Waals surface area contributed by atoms with E-state index in [4.69, 9.17) is 0 Å². The average Bonchev–Trinajstić information content (AvgIpc) is 3.10. The van der Waals surface area contributed by atoms with Crippen LogP contribution in [0.4, 0.5) is 8.78 Å². The van der Waals surface area contributed by atoms with Crippen LogP contribution in [0.5, 0.6) is 0 Å². The Morgan fingerprint density at radius 3 is 2.88 bits per heavy atom. The summed E-state index contributed by atoms with van der Waals surface area (Å²) in [6.07, 6.45) is 5.27. The summed E-state index contributed by atoms with van der Waals surface area (Å²) in [5.41, 5.74) is 0.826. The minimum Gasteiger partial charge on any atom is -0.310 e. The highest BCUT2D eigenvalue weighted by Gasteiger charge is 2.44. The number of benzene rings is 1. The van der Waals surface area contributed by atoms with Gasteiger partial charge in [-0.15, -0.1) is 0 Å². The van der Waals surface area contributed by atoms with E-state index < -0.39 is 11.6 Å². The zero-order valence-electron chi connectivity index (χ0n) is 9.76. The normalized spacial score (nSPS) is 31.1. The molecule has 3 heteroatoms. The average molecular weight is 237 g/mol. The van der Waals surface area contributed by atoms with Gasteiger partial charge in [-0.05, 0) is 42.4 Å². The fourth-order valence-electron chi connectivity index (χ4n) is 3.06. The summed E-state index contributed by atoms with van der Waals surface area (Å²) >= 11 is 0. The number of fused-ring (bicyclic) bond motifs is 1. The maximum atomic E-state index is 13.0. The Bertz CT molecular complexity index is 419. The van der Waals surface area contributed by atoms with Crippen LogP contribution in [0.3, 0.4) is 0 Å². The summed E-state index contributed by atoms with van der Waals surface area (Å²) < 4.78 is 25.8. The first-order valence-electron chi connectivity index (χ1n) is 6.41. The highest BCUT2D eigenvalue weighted by molar-refractivity contribution is 5.17. The molecule has 0 radical (unpaired) electrons. The van der Waals surface area contributed by atoms with E-state index in [-0.39, 0.29) is 0 Å². The molecule has 0 saturated heterocycles. The summed E-state index contributed by atoms with van der Waals surface area (Å²) in [4.78, 5) is 0. The van der Waals surface area contributed by atoms with Gasteiger partial charge in [-0.1, -0.05) is 18.9 Å². The molecule has 2 aliphatic rings. The second-order valence-corrected chi connectivity index (χ2v) is 5.33. The molecule has 1 N–H and O–H groups in total. The van der Waals surface area contributed by atoms with Gasteiger partial charge in [-0.2, -0.15) is 0 Å². The van der Waals surface area contributed by atoms with Gasteiger partial charge in [0.15, 0.2) is 11.6 Å². The highest BCUT2D eigenvalue weighted by atomic mass is 19.2. The molecule has 0 heterocycles. The third kappa shape index (κ3) is 2.34. The topological polar surface area (TPSA) is 12.0 Å². The smallest absolute Gasteiger partial charge is 0.159 e. The zero-order chi connectivity index (χ0) is 11.8. The van der Waals surface area contributed by atoms with E-state index in [2.05, 4.69) is 5.32 Å². The molecule has 2 saturated carbocycles. The second kappa shape index (κ2) is 4.37. The lowest BCUT2D eigenvalue weighted by Gasteiger charge is -2.22. The van der Waals surface area contributed by atoms with Crippen molar-refractivity contribution in [1.82, 2.24) is 5.32 Å². The number of nitrogens with one attached hydrogen (secondary N) is 1. The first kappa shape index (κ1) is 11.1. The quantitative estimate of drug-likeness (QED) is 0.851. The molecule has 0 aromatic heterocycles. The van der Waals surface area contributed by atoms with Crippen molar-refractivity contribution in [2.75, 3.05) is 0 Å². The first-order chi connectivity index (χ1) is 8.24. The van der Waals surface area contributed by atoms with Crippen molar-refractivity contribution in [3.63, 3.8) is 0 Å². The van der Waals surface area contributed by atoms with Crippen LogP contribution < -0.4 is 5.32 Å². The lowest BCUT2D eigenvalue weighted by atomic mass is 9.95. The molecule has 92 valence electrons. The van der Waals surface area contributed by atoms with Gasteiger partial charge in [0.25, 0.3) is 0 Å². The third-order valence-electron chi connectivity index (χ3n) is 4.14. The van der Waals surface area contributed by atoms with Crippen LogP contribution >= 0.6 is 0 Å². The van der Waals surface area contributed by atoms with E-state index >= 15 is 0 Å². The number of halogens is 2. The molecule has 3 rings (SSSR count). The van der Waals surface area contributed by atoms with Crippen molar-refractivity contribution >= 4 is 0 Å². The van der Waals surface area contributed by atoms with E-state index in [9.17, 15) is 8.78 Å². The summed E-state index contributed by atoms with van der Waals surface area (Å²) in [5, 5.41) is 3.49. The Morgan fingerprint density at radius 1 is 1.18 bits per heavy atom. The standard InChI is InChI=1S/C14H17F2N/c15-12-5-4-9(6-13(12)16)8-17-14-3-1-2-10-7-11(10)14/h4-6,10-11,14,17H,1-3,7-8H2. The van der Waals surface area contributed by atoms with Gasteiger partial charge in [-0.3, -0.25) is 0 Å². The minimum atomic E-state index is -0.770. The molecule has 0 bridgehead atoms. The molecule has 2 fully saturated rings. The highest BCUT2D eigenvalue weighted by Crippen LogP contribution is 2.49. The number of rotatable bonds is 3. The van der Waals surface area contributed by atoms with Crippen LogP contribution in [0.1, 0.15) is 31.2 Å². The van der Waals surface area contributed by atoms with Crippen LogP contribution in [-0.4, -0.2) is 6.04 Å². The summed E-state index contributed by atoms with van der Waals surface area (Å²) in [6, 6.07) is 4.73.